The molecular formula is C11H11BrCl2O2. The minimum atomic E-state index is -1.01. The monoisotopic (exact) mass is 324 g/mol. The van der Waals surface area contributed by atoms with E-state index < -0.39 is 4.84 Å². The molecule has 0 spiro atoms. The van der Waals surface area contributed by atoms with E-state index in [0.717, 1.165) is 17.5 Å². The average Bonchev–Trinajstić information content (AvgIpc) is 2.29. The van der Waals surface area contributed by atoms with Crippen LogP contribution in [0.5, 0.6) is 5.75 Å². The zero-order valence-corrected chi connectivity index (χ0v) is 11.6. The van der Waals surface area contributed by atoms with Crippen molar-refractivity contribution < 1.29 is 9.53 Å². The van der Waals surface area contributed by atoms with Crippen LogP contribution in [-0.4, -0.2) is 22.6 Å². The van der Waals surface area contributed by atoms with E-state index in [1.807, 2.05) is 0 Å². The number of ketones is 1. The van der Waals surface area contributed by atoms with Gasteiger partial charge in [-0.2, -0.15) is 0 Å². The van der Waals surface area contributed by atoms with E-state index in [1.54, 1.807) is 24.3 Å². The SMILES string of the molecule is O=C(c1ccc(OCCCBr)cc1)C(Cl)Cl. The lowest BCUT2D eigenvalue weighted by molar-refractivity contribution is 0.101. The number of rotatable bonds is 6. The second-order valence-corrected chi connectivity index (χ2v) is 4.97. The summed E-state index contributed by atoms with van der Waals surface area (Å²) in [5.41, 5.74) is 0.489. The van der Waals surface area contributed by atoms with Gasteiger partial charge in [-0.25, -0.2) is 0 Å². The molecule has 0 fully saturated rings. The minimum Gasteiger partial charge on any atom is -0.494 e. The predicted octanol–water partition coefficient (Wildman–Crippen LogP) is 3.84. The van der Waals surface area contributed by atoms with Crippen LogP contribution in [0.1, 0.15) is 16.8 Å². The molecule has 0 aliphatic rings. The van der Waals surface area contributed by atoms with E-state index in [-0.39, 0.29) is 5.78 Å². The number of hydrogen-bond donors (Lipinski definition) is 0. The van der Waals surface area contributed by atoms with Crippen LogP contribution >= 0.6 is 39.1 Å². The highest BCUT2D eigenvalue weighted by Crippen LogP contribution is 2.16. The van der Waals surface area contributed by atoms with Crippen molar-refractivity contribution in [3.8, 4) is 5.75 Å². The summed E-state index contributed by atoms with van der Waals surface area (Å²) in [5.74, 6) is 0.438. The Labute approximate surface area is 113 Å². The number of hydrogen-bond acceptors (Lipinski definition) is 2. The quantitative estimate of drug-likeness (QED) is 0.451. The van der Waals surface area contributed by atoms with Gasteiger partial charge in [0.25, 0.3) is 0 Å². The minimum absolute atomic E-state index is 0.296. The Kier molecular flexibility index (Phi) is 6.17. The number of carbonyl (C=O) groups excluding carboxylic acids is 1. The van der Waals surface area contributed by atoms with Crippen molar-refractivity contribution >= 4 is 44.9 Å². The van der Waals surface area contributed by atoms with Crippen molar-refractivity contribution in [1.82, 2.24) is 0 Å². The Morgan fingerprint density at radius 2 is 1.94 bits per heavy atom. The van der Waals surface area contributed by atoms with Gasteiger partial charge in [-0.15, -0.1) is 0 Å². The maximum atomic E-state index is 11.4. The van der Waals surface area contributed by atoms with Crippen molar-refractivity contribution in [3.05, 3.63) is 29.8 Å². The molecule has 0 aliphatic carbocycles. The maximum Gasteiger partial charge on any atom is 0.195 e. The van der Waals surface area contributed by atoms with Crippen LogP contribution in [-0.2, 0) is 0 Å². The summed E-state index contributed by atoms with van der Waals surface area (Å²) in [6, 6.07) is 6.78. The molecule has 88 valence electrons. The van der Waals surface area contributed by atoms with Crippen molar-refractivity contribution in [2.24, 2.45) is 0 Å². The van der Waals surface area contributed by atoms with E-state index >= 15 is 0 Å². The van der Waals surface area contributed by atoms with Crippen LogP contribution in [0.3, 0.4) is 0 Å². The van der Waals surface area contributed by atoms with E-state index in [9.17, 15) is 4.79 Å². The van der Waals surface area contributed by atoms with Crippen LogP contribution in [0, 0.1) is 0 Å². The molecule has 0 aromatic heterocycles. The predicted molar refractivity (Wildman–Crippen MR) is 70.2 cm³/mol. The summed E-state index contributed by atoms with van der Waals surface area (Å²) in [6.07, 6.45) is 0.937. The van der Waals surface area contributed by atoms with Crippen molar-refractivity contribution in [3.63, 3.8) is 0 Å². The normalized spacial score (nSPS) is 10.5. The van der Waals surface area contributed by atoms with Crippen molar-refractivity contribution in [2.45, 2.75) is 11.3 Å². The molecule has 5 heteroatoms. The molecule has 16 heavy (non-hydrogen) atoms. The zero-order valence-electron chi connectivity index (χ0n) is 8.46. The molecule has 0 saturated heterocycles. The summed E-state index contributed by atoms with van der Waals surface area (Å²) >= 11 is 14.3. The highest BCUT2D eigenvalue weighted by atomic mass is 79.9. The number of Topliss-reactive ketones (excluding diaryl/α,β-unsaturated/α-hetero) is 1. The summed E-state index contributed by atoms with van der Waals surface area (Å²) < 4.78 is 5.43. The Bertz CT molecular complexity index is 338. The van der Waals surface area contributed by atoms with Gasteiger partial charge in [0.2, 0.25) is 0 Å². The highest BCUT2D eigenvalue weighted by molar-refractivity contribution is 9.09. The zero-order chi connectivity index (χ0) is 12.0. The molecule has 0 atom stereocenters. The molecule has 1 rings (SSSR count). The Morgan fingerprint density at radius 3 is 2.44 bits per heavy atom. The first-order valence-electron chi connectivity index (χ1n) is 4.76. The van der Waals surface area contributed by atoms with E-state index in [2.05, 4.69) is 15.9 Å². The molecule has 0 radical (unpaired) electrons. The summed E-state index contributed by atoms with van der Waals surface area (Å²) in [6.45, 7) is 0.645. The summed E-state index contributed by atoms with van der Waals surface area (Å²) in [4.78, 5) is 10.4. The molecule has 1 aromatic carbocycles. The van der Waals surface area contributed by atoms with Gasteiger partial charge in [0.05, 0.1) is 6.61 Å². The number of ether oxygens (including phenoxy) is 1. The first kappa shape index (κ1) is 13.8. The fourth-order valence-corrected chi connectivity index (χ4v) is 1.57. The van der Waals surface area contributed by atoms with Crippen LogP contribution in [0.4, 0.5) is 0 Å². The van der Waals surface area contributed by atoms with Crippen molar-refractivity contribution in [1.29, 1.82) is 0 Å². The van der Waals surface area contributed by atoms with E-state index in [4.69, 9.17) is 27.9 Å². The maximum absolute atomic E-state index is 11.4. The highest BCUT2D eigenvalue weighted by Gasteiger charge is 2.13. The third-order valence-electron chi connectivity index (χ3n) is 1.88. The van der Waals surface area contributed by atoms with Gasteiger partial charge in [0.15, 0.2) is 10.6 Å². The molecule has 0 unspecified atom stereocenters. The molecule has 2 nitrogen and oxygen atoms in total. The fraction of sp³-hybridized carbons (Fsp3) is 0.364. The molecule has 0 aliphatic heterocycles. The van der Waals surface area contributed by atoms with Crippen LogP contribution in [0.2, 0.25) is 0 Å². The molecule has 0 N–H and O–H groups in total. The standard InChI is InChI=1S/C11H11BrCl2O2/c12-6-1-7-16-9-4-2-8(3-5-9)10(15)11(13)14/h2-5,11H,1,6-7H2. The summed E-state index contributed by atoms with van der Waals surface area (Å²) in [7, 11) is 0. The van der Waals surface area contributed by atoms with Gasteiger partial charge in [0.1, 0.15) is 5.75 Å². The van der Waals surface area contributed by atoms with Crippen LogP contribution in [0.25, 0.3) is 0 Å². The van der Waals surface area contributed by atoms with Gasteiger partial charge in [0, 0.05) is 10.9 Å². The first-order chi connectivity index (χ1) is 7.65. The van der Waals surface area contributed by atoms with Gasteiger partial charge >= 0.3 is 0 Å². The number of carbonyl (C=O) groups is 1. The lowest BCUT2D eigenvalue weighted by atomic mass is 10.1. The number of alkyl halides is 3. The molecule has 0 bridgehead atoms. The van der Waals surface area contributed by atoms with Gasteiger partial charge in [-0.1, -0.05) is 39.1 Å². The first-order valence-corrected chi connectivity index (χ1v) is 6.76. The Morgan fingerprint density at radius 1 is 1.31 bits per heavy atom. The topological polar surface area (TPSA) is 26.3 Å². The van der Waals surface area contributed by atoms with Crippen LogP contribution in [0.15, 0.2) is 24.3 Å². The van der Waals surface area contributed by atoms with Crippen molar-refractivity contribution in [2.75, 3.05) is 11.9 Å². The third kappa shape index (κ3) is 4.32. The second kappa shape index (κ2) is 7.15. The largest absolute Gasteiger partial charge is 0.494 e. The molecule has 1 aromatic rings. The van der Waals surface area contributed by atoms with Gasteiger partial charge in [-0.3, -0.25) is 4.79 Å². The van der Waals surface area contributed by atoms with E-state index in [1.165, 1.54) is 0 Å². The average molecular weight is 326 g/mol. The number of benzene rings is 1. The Balaban J connectivity index is 2.57. The Hall–Kier alpha value is -0.250. The summed E-state index contributed by atoms with van der Waals surface area (Å²) in [5, 5.41) is 0.906. The lowest BCUT2D eigenvalue weighted by Crippen LogP contribution is -2.07. The third-order valence-corrected chi connectivity index (χ3v) is 2.84. The molecular weight excluding hydrogens is 315 g/mol. The molecule has 0 saturated carbocycles. The van der Waals surface area contributed by atoms with E-state index in [0.29, 0.717) is 12.2 Å². The van der Waals surface area contributed by atoms with Crippen LogP contribution < -0.4 is 4.74 Å². The van der Waals surface area contributed by atoms with Gasteiger partial charge < -0.3 is 4.74 Å². The smallest absolute Gasteiger partial charge is 0.195 e. The number of halogens is 3. The molecule has 0 heterocycles. The van der Waals surface area contributed by atoms with Gasteiger partial charge in [-0.05, 0) is 30.7 Å². The lowest BCUT2D eigenvalue weighted by Gasteiger charge is -2.06. The molecule has 0 amide bonds. The fourth-order valence-electron chi connectivity index (χ4n) is 1.09. The second-order valence-electron chi connectivity index (χ2n) is 3.08.